The number of fused-ring (bicyclic) bond motifs is 2. The van der Waals surface area contributed by atoms with Crippen LogP contribution in [0.1, 0.15) is 22.0 Å². The quantitative estimate of drug-likeness (QED) is 0.517. The van der Waals surface area contributed by atoms with E-state index in [1.165, 1.54) is 20.2 Å². The van der Waals surface area contributed by atoms with Crippen molar-refractivity contribution >= 4 is 43.3 Å². The van der Waals surface area contributed by atoms with Crippen LogP contribution in [0.4, 0.5) is 0 Å². The molecule has 0 amide bonds. The first-order chi connectivity index (χ1) is 16.1. The smallest absolute Gasteiger partial charge is 0.221 e. The third-order valence-electron chi connectivity index (χ3n) is 6.43. The number of carbonyl (C=O) groups is 1. The van der Waals surface area contributed by atoms with E-state index in [4.69, 9.17) is 16.3 Å². The summed E-state index contributed by atoms with van der Waals surface area (Å²) in [6, 6.07) is 17.5. The van der Waals surface area contributed by atoms with Crippen LogP contribution in [0, 0.1) is 0 Å². The minimum Gasteiger partial charge on any atom is -0.484 e. The molecule has 0 saturated heterocycles. The largest absolute Gasteiger partial charge is 0.484 e. The van der Waals surface area contributed by atoms with Gasteiger partial charge < -0.3 is 9.84 Å². The third kappa shape index (κ3) is 3.33. The Morgan fingerprint density at radius 3 is 2.35 bits per heavy atom. The van der Waals surface area contributed by atoms with Crippen molar-refractivity contribution in [3.63, 3.8) is 0 Å². The predicted molar refractivity (Wildman–Crippen MR) is 132 cm³/mol. The highest BCUT2D eigenvalue weighted by atomic mass is 79.9. The van der Waals surface area contributed by atoms with Gasteiger partial charge in [0.25, 0.3) is 0 Å². The molecule has 4 unspecified atom stereocenters. The van der Waals surface area contributed by atoms with Crippen molar-refractivity contribution in [3.05, 3.63) is 81.4 Å². The number of hydrogen-bond donors (Lipinski definition) is 1. The predicted octanol–water partition coefficient (Wildman–Crippen LogP) is 3.90. The van der Waals surface area contributed by atoms with Crippen molar-refractivity contribution in [3.8, 4) is 17.0 Å². The molecule has 1 N–H and O–H groups in total. The van der Waals surface area contributed by atoms with Gasteiger partial charge in [-0.25, -0.2) is 17.7 Å². The van der Waals surface area contributed by atoms with Gasteiger partial charge in [-0.3, -0.25) is 4.79 Å². The van der Waals surface area contributed by atoms with Gasteiger partial charge in [0, 0.05) is 36.1 Å². The number of hydrogen-bond acceptors (Lipinski definition) is 6. The van der Waals surface area contributed by atoms with Crippen LogP contribution in [0.2, 0.25) is 5.02 Å². The number of sulfonamides is 1. The van der Waals surface area contributed by atoms with Gasteiger partial charge in [0.15, 0.2) is 17.0 Å². The maximum absolute atomic E-state index is 13.7. The van der Waals surface area contributed by atoms with Gasteiger partial charge in [-0.05, 0) is 17.7 Å². The highest BCUT2D eigenvalue weighted by molar-refractivity contribution is 9.10. The molecule has 4 atom stereocenters. The summed E-state index contributed by atoms with van der Waals surface area (Å²) in [4.78, 5) is 18.1. The normalized spacial score (nSPS) is 25.8. The molecule has 0 spiro atoms. The van der Waals surface area contributed by atoms with E-state index >= 15 is 0 Å². The summed E-state index contributed by atoms with van der Waals surface area (Å²) >= 11 is 9.86. The number of aliphatic hydroxyl groups is 1. The monoisotopic (exact) mass is 562 g/mol. The molecule has 0 bridgehead atoms. The van der Waals surface area contributed by atoms with E-state index in [1.54, 1.807) is 42.5 Å². The summed E-state index contributed by atoms with van der Waals surface area (Å²) in [6.45, 7) is 0. The second-order valence-corrected chi connectivity index (χ2v) is 12.1. The first kappa shape index (κ1) is 23.4. The SMILES string of the molecule is CN(C)S(=O)(=O)C1C(c2ccccc2)C2Oc3cc(Cl)c(-c4ccc(Br)cc4)nc3C(=O)C21O. The van der Waals surface area contributed by atoms with E-state index in [0.29, 0.717) is 16.8 Å². The maximum Gasteiger partial charge on any atom is 0.221 e. The van der Waals surface area contributed by atoms with Gasteiger partial charge in [-0.2, -0.15) is 0 Å². The number of halogens is 2. The second kappa shape index (κ2) is 8.13. The number of nitrogens with zero attached hydrogens (tertiary/aromatic N) is 2. The fourth-order valence-electron chi connectivity index (χ4n) is 4.70. The third-order valence-corrected chi connectivity index (χ3v) is 9.55. The molecule has 2 aliphatic rings. The van der Waals surface area contributed by atoms with E-state index < -0.39 is 38.7 Å². The Hall–Kier alpha value is -2.30. The molecule has 176 valence electrons. The maximum atomic E-state index is 13.7. The van der Waals surface area contributed by atoms with Crippen molar-refractivity contribution in [1.82, 2.24) is 9.29 Å². The minimum absolute atomic E-state index is 0.118. The molecule has 5 rings (SSSR count). The topological polar surface area (TPSA) is 96.8 Å². The van der Waals surface area contributed by atoms with Crippen LogP contribution in [0.5, 0.6) is 5.75 Å². The molecule has 10 heteroatoms. The molecule has 2 heterocycles. The summed E-state index contributed by atoms with van der Waals surface area (Å²) in [5.74, 6) is -1.44. The number of pyridine rings is 1. The highest BCUT2D eigenvalue weighted by Crippen LogP contribution is 2.56. The van der Waals surface area contributed by atoms with Crippen molar-refractivity contribution in [2.24, 2.45) is 0 Å². The highest BCUT2D eigenvalue weighted by Gasteiger charge is 2.74. The lowest BCUT2D eigenvalue weighted by Gasteiger charge is -2.57. The summed E-state index contributed by atoms with van der Waals surface area (Å²) in [5, 5.41) is 10.5. The Bertz CT molecular complexity index is 1400. The average Bonchev–Trinajstić information content (AvgIpc) is 2.80. The lowest BCUT2D eigenvalue weighted by Crippen LogP contribution is -2.78. The van der Waals surface area contributed by atoms with Crippen molar-refractivity contribution < 1.29 is 23.1 Å². The number of Topliss-reactive ketones (excluding diaryl/α,β-unsaturated/α-hetero) is 1. The summed E-state index contributed by atoms with van der Waals surface area (Å²) < 4.78 is 34.5. The zero-order chi connectivity index (χ0) is 24.4. The number of ketones is 1. The van der Waals surface area contributed by atoms with Gasteiger partial charge >= 0.3 is 0 Å². The first-order valence-corrected chi connectivity index (χ1v) is 13.1. The molecular weight excluding hydrogens is 544 g/mol. The average molecular weight is 564 g/mol. The zero-order valence-corrected chi connectivity index (χ0v) is 21.3. The number of rotatable bonds is 4. The molecule has 1 aliphatic heterocycles. The minimum atomic E-state index is -4.05. The lowest BCUT2D eigenvalue weighted by molar-refractivity contribution is -0.121. The van der Waals surface area contributed by atoms with Crippen molar-refractivity contribution in [2.75, 3.05) is 14.1 Å². The fourth-order valence-corrected chi connectivity index (χ4v) is 7.03. The van der Waals surface area contributed by atoms with Gasteiger partial charge in [-0.15, -0.1) is 0 Å². The number of aromatic nitrogens is 1. The summed E-state index contributed by atoms with van der Waals surface area (Å²) in [6.07, 6.45) is -1.11. The summed E-state index contributed by atoms with van der Waals surface area (Å²) in [7, 11) is -1.30. The van der Waals surface area contributed by atoms with Gasteiger partial charge in [0.2, 0.25) is 15.8 Å². The molecule has 34 heavy (non-hydrogen) atoms. The van der Waals surface area contributed by atoms with Crippen LogP contribution in [-0.4, -0.2) is 59.6 Å². The summed E-state index contributed by atoms with van der Waals surface area (Å²) in [5.41, 5.74) is -0.807. The van der Waals surface area contributed by atoms with E-state index in [9.17, 15) is 18.3 Å². The second-order valence-electron chi connectivity index (χ2n) is 8.55. The molecule has 2 aromatic carbocycles. The van der Waals surface area contributed by atoms with Crippen molar-refractivity contribution in [1.29, 1.82) is 0 Å². The molecule has 1 fully saturated rings. The Balaban J connectivity index is 1.66. The standard InChI is InChI=1S/C24H20BrClN2O5S/c1-28(2)34(31,32)23-18(13-6-4-3-5-7-13)22-24(23,30)21(29)20-17(33-22)12-16(26)19(27-20)14-8-10-15(25)11-9-14/h3-12,18,22-23,30H,1-2H3. The van der Waals surface area contributed by atoms with Gasteiger partial charge in [-0.1, -0.05) is 70.0 Å². The van der Waals surface area contributed by atoms with Crippen LogP contribution < -0.4 is 4.74 Å². The molecule has 1 saturated carbocycles. The van der Waals surface area contributed by atoms with Gasteiger partial charge in [0.05, 0.1) is 10.7 Å². The molecule has 0 radical (unpaired) electrons. The van der Waals surface area contributed by atoms with Crippen LogP contribution in [0.25, 0.3) is 11.3 Å². The Morgan fingerprint density at radius 2 is 1.74 bits per heavy atom. The van der Waals surface area contributed by atoms with Crippen LogP contribution in [0.15, 0.2) is 65.1 Å². The van der Waals surface area contributed by atoms with E-state index in [1.807, 2.05) is 12.1 Å². The molecular formula is C24H20BrClN2O5S. The Kier molecular flexibility index (Phi) is 5.61. The first-order valence-electron chi connectivity index (χ1n) is 10.4. The fraction of sp³-hybridized carbons (Fsp3) is 0.250. The zero-order valence-electron chi connectivity index (χ0n) is 18.1. The number of benzene rings is 2. The molecule has 7 nitrogen and oxygen atoms in total. The van der Waals surface area contributed by atoms with Crippen LogP contribution in [0.3, 0.4) is 0 Å². The number of carbonyl (C=O) groups excluding carboxylic acids is 1. The molecule has 1 aliphatic carbocycles. The van der Waals surface area contributed by atoms with Crippen LogP contribution in [-0.2, 0) is 10.0 Å². The van der Waals surface area contributed by atoms with Gasteiger partial charge in [0.1, 0.15) is 11.4 Å². The van der Waals surface area contributed by atoms with E-state index in [-0.39, 0.29) is 16.5 Å². The molecule has 3 aromatic rings. The van der Waals surface area contributed by atoms with E-state index in [0.717, 1.165) is 8.78 Å². The van der Waals surface area contributed by atoms with Crippen molar-refractivity contribution in [2.45, 2.75) is 22.9 Å². The number of ether oxygens (including phenoxy) is 1. The van der Waals surface area contributed by atoms with E-state index in [2.05, 4.69) is 20.9 Å². The van der Waals surface area contributed by atoms with Crippen LogP contribution >= 0.6 is 27.5 Å². The Labute approximate surface area is 210 Å². The molecule has 1 aromatic heterocycles. The lowest BCUT2D eigenvalue weighted by atomic mass is 9.61. The Morgan fingerprint density at radius 1 is 1.09 bits per heavy atom.